The maximum absolute atomic E-state index is 12.4. The zero-order chi connectivity index (χ0) is 13.8. The quantitative estimate of drug-likeness (QED) is 0.862. The number of nitrogens with zero attached hydrogens (tertiary/aromatic N) is 2. The Hall–Kier alpha value is -0.970. The van der Waals surface area contributed by atoms with Crippen LogP contribution >= 0.6 is 24.8 Å². The van der Waals surface area contributed by atoms with E-state index in [0.29, 0.717) is 17.3 Å². The Labute approximate surface area is 139 Å². The molecule has 0 aliphatic carbocycles. The lowest BCUT2D eigenvalue weighted by Gasteiger charge is -2.26. The molecule has 0 saturated carbocycles. The van der Waals surface area contributed by atoms with E-state index in [2.05, 4.69) is 18.7 Å². The van der Waals surface area contributed by atoms with Crippen molar-refractivity contribution in [1.29, 1.82) is 0 Å². The molecule has 0 spiro atoms. The molecule has 1 unspecified atom stereocenters. The fourth-order valence-electron chi connectivity index (χ4n) is 2.83. The summed E-state index contributed by atoms with van der Waals surface area (Å²) in [6, 6.07) is 7.80. The molecule has 1 aromatic carbocycles. The zero-order valence-corrected chi connectivity index (χ0v) is 14.3. The van der Waals surface area contributed by atoms with E-state index >= 15 is 0 Å². The topological polar surface area (TPSA) is 49.6 Å². The third kappa shape index (κ3) is 4.50. The van der Waals surface area contributed by atoms with Crippen LogP contribution in [0.1, 0.15) is 30.6 Å². The molecule has 1 saturated heterocycles. The van der Waals surface area contributed by atoms with Crippen LogP contribution in [0.4, 0.5) is 5.69 Å². The number of nitrogen functional groups attached to an aromatic ring is 1. The zero-order valence-electron chi connectivity index (χ0n) is 12.6. The standard InChI is InChI=1S/C15H23N3O.2ClH/c1-3-17(4-2)12-9-10-18(11-12)15(19)13-7-5-6-8-14(13)16;;/h5-8,12H,3-4,9-11,16H2,1-2H3;2*1H. The van der Waals surface area contributed by atoms with E-state index in [1.807, 2.05) is 23.1 Å². The van der Waals surface area contributed by atoms with Gasteiger partial charge in [0.1, 0.15) is 0 Å². The molecule has 120 valence electrons. The fraction of sp³-hybridized carbons (Fsp3) is 0.533. The minimum atomic E-state index is 0. The van der Waals surface area contributed by atoms with Crippen LogP contribution in [0.5, 0.6) is 0 Å². The molecule has 1 atom stereocenters. The number of nitrogens with two attached hydrogens (primary N) is 1. The molecule has 0 bridgehead atoms. The van der Waals surface area contributed by atoms with Crippen LogP contribution in [0, 0.1) is 0 Å². The molecular formula is C15H25Cl2N3O. The molecule has 0 aromatic heterocycles. The molecule has 1 heterocycles. The maximum atomic E-state index is 12.4. The van der Waals surface area contributed by atoms with Crippen molar-refractivity contribution in [3.63, 3.8) is 0 Å². The Bertz CT molecular complexity index is 452. The molecule has 1 aliphatic heterocycles. The van der Waals surface area contributed by atoms with Crippen LogP contribution in [-0.4, -0.2) is 47.9 Å². The lowest BCUT2D eigenvalue weighted by atomic mass is 10.1. The number of likely N-dealkylation sites (tertiary alicyclic amines) is 1. The number of para-hydroxylation sites is 1. The molecule has 21 heavy (non-hydrogen) atoms. The molecule has 4 nitrogen and oxygen atoms in total. The first-order chi connectivity index (χ1) is 9.17. The van der Waals surface area contributed by atoms with E-state index in [1.54, 1.807) is 6.07 Å². The van der Waals surface area contributed by atoms with E-state index in [9.17, 15) is 4.79 Å². The second kappa shape index (κ2) is 9.13. The molecular weight excluding hydrogens is 309 g/mol. The molecule has 2 rings (SSSR count). The number of likely N-dealkylation sites (N-methyl/N-ethyl adjacent to an activating group) is 1. The Morgan fingerprint density at radius 3 is 2.48 bits per heavy atom. The minimum Gasteiger partial charge on any atom is -0.398 e. The SMILES string of the molecule is CCN(CC)C1CCN(C(=O)c2ccccc2N)C1.Cl.Cl. The summed E-state index contributed by atoms with van der Waals surface area (Å²) in [5.41, 5.74) is 7.07. The monoisotopic (exact) mass is 333 g/mol. The largest absolute Gasteiger partial charge is 0.398 e. The van der Waals surface area contributed by atoms with Crippen LogP contribution in [0.2, 0.25) is 0 Å². The molecule has 1 aromatic rings. The van der Waals surface area contributed by atoms with Crippen LogP contribution in [0.25, 0.3) is 0 Å². The van der Waals surface area contributed by atoms with Crippen molar-refractivity contribution in [3.8, 4) is 0 Å². The second-order valence-electron chi connectivity index (χ2n) is 5.00. The van der Waals surface area contributed by atoms with E-state index in [0.717, 1.165) is 32.6 Å². The van der Waals surface area contributed by atoms with E-state index in [-0.39, 0.29) is 30.7 Å². The average Bonchev–Trinajstić information content (AvgIpc) is 2.90. The number of hydrogen-bond donors (Lipinski definition) is 1. The predicted octanol–water partition coefficient (Wildman–Crippen LogP) is 2.67. The van der Waals surface area contributed by atoms with Crippen molar-refractivity contribution >= 4 is 36.4 Å². The van der Waals surface area contributed by atoms with E-state index in [1.165, 1.54) is 0 Å². The van der Waals surface area contributed by atoms with Gasteiger partial charge < -0.3 is 10.6 Å². The van der Waals surface area contributed by atoms with Gasteiger partial charge in [-0.3, -0.25) is 9.69 Å². The van der Waals surface area contributed by atoms with Gasteiger partial charge in [-0.15, -0.1) is 24.8 Å². The molecule has 1 fully saturated rings. The maximum Gasteiger partial charge on any atom is 0.255 e. The highest BCUT2D eigenvalue weighted by atomic mass is 35.5. The number of carbonyl (C=O) groups is 1. The fourth-order valence-corrected chi connectivity index (χ4v) is 2.83. The number of benzene rings is 1. The van der Waals surface area contributed by atoms with Gasteiger partial charge in [0.15, 0.2) is 0 Å². The first-order valence-electron chi connectivity index (χ1n) is 7.05. The van der Waals surface area contributed by atoms with Gasteiger partial charge in [-0.1, -0.05) is 26.0 Å². The van der Waals surface area contributed by atoms with Gasteiger partial charge >= 0.3 is 0 Å². The molecule has 6 heteroatoms. The van der Waals surface area contributed by atoms with Crippen LogP contribution < -0.4 is 5.73 Å². The highest BCUT2D eigenvalue weighted by Gasteiger charge is 2.30. The van der Waals surface area contributed by atoms with Gasteiger partial charge in [0, 0.05) is 24.8 Å². The highest BCUT2D eigenvalue weighted by Crippen LogP contribution is 2.20. The lowest BCUT2D eigenvalue weighted by Crippen LogP contribution is -2.38. The Kier molecular flexibility index (Phi) is 8.71. The number of rotatable bonds is 4. The highest BCUT2D eigenvalue weighted by molar-refractivity contribution is 5.99. The van der Waals surface area contributed by atoms with Crippen molar-refractivity contribution in [1.82, 2.24) is 9.80 Å². The smallest absolute Gasteiger partial charge is 0.255 e. The normalized spacial score (nSPS) is 17.3. The average molecular weight is 334 g/mol. The van der Waals surface area contributed by atoms with Crippen molar-refractivity contribution in [2.24, 2.45) is 0 Å². The third-order valence-electron chi connectivity index (χ3n) is 3.97. The summed E-state index contributed by atoms with van der Waals surface area (Å²) in [5, 5.41) is 0. The van der Waals surface area contributed by atoms with Crippen molar-refractivity contribution in [2.75, 3.05) is 31.9 Å². The second-order valence-corrected chi connectivity index (χ2v) is 5.00. The van der Waals surface area contributed by atoms with Gasteiger partial charge in [-0.25, -0.2) is 0 Å². The van der Waals surface area contributed by atoms with Gasteiger partial charge in [-0.05, 0) is 31.6 Å². The number of amides is 1. The summed E-state index contributed by atoms with van der Waals surface area (Å²) in [7, 11) is 0. The molecule has 1 amide bonds. The van der Waals surface area contributed by atoms with Gasteiger partial charge in [0.05, 0.1) is 5.56 Å². The summed E-state index contributed by atoms with van der Waals surface area (Å²) < 4.78 is 0. The van der Waals surface area contributed by atoms with Crippen molar-refractivity contribution in [3.05, 3.63) is 29.8 Å². The van der Waals surface area contributed by atoms with E-state index < -0.39 is 0 Å². The van der Waals surface area contributed by atoms with Crippen LogP contribution in [-0.2, 0) is 0 Å². The third-order valence-corrected chi connectivity index (χ3v) is 3.97. The van der Waals surface area contributed by atoms with Crippen LogP contribution in [0.15, 0.2) is 24.3 Å². The first kappa shape index (κ1) is 20.0. The Balaban J connectivity index is 0.00000200. The lowest BCUT2D eigenvalue weighted by molar-refractivity contribution is 0.0779. The summed E-state index contributed by atoms with van der Waals surface area (Å²) in [4.78, 5) is 16.8. The number of anilines is 1. The number of carbonyl (C=O) groups excluding carboxylic acids is 1. The minimum absolute atomic E-state index is 0. The molecule has 2 N–H and O–H groups in total. The number of hydrogen-bond acceptors (Lipinski definition) is 3. The van der Waals surface area contributed by atoms with Crippen LogP contribution in [0.3, 0.4) is 0 Å². The molecule has 1 aliphatic rings. The summed E-state index contributed by atoms with van der Waals surface area (Å²) >= 11 is 0. The van der Waals surface area contributed by atoms with Gasteiger partial charge in [-0.2, -0.15) is 0 Å². The van der Waals surface area contributed by atoms with Gasteiger partial charge in [0.25, 0.3) is 5.91 Å². The van der Waals surface area contributed by atoms with E-state index in [4.69, 9.17) is 5.73 Å². The Morgan fingerprint density at radius 2 is 1.90 bits per heavy atom. The number of halogens is 2. The molecule has 0 radical (unpaired) electrons. The Morgan fingerprint density at radius 1 is 1.29 bits per heavy atom. The predicted molar refractivity (Wildman–Crippen MR) is 92.6 cm³/mol. The van der Waals surface area contributed by atoms with Crippen molar-refractivity contribution < 1.29 is 4.79 Å². The summed E-state index contributed by atoms with van der Waals surface area (Å²) in [5.74, 6) is 0.0627. The summed E-state index contributed by atoms with van der Waals surface area (Å²) in [6.45, 7) is 8.06. The first-order valence-corrected chi connectivity index (χ1v) is 7.05. The summed E-state index contributed by atoms with van der Waals surface area (Å²) in [6.07, 6.45) is 1.06. The van der Waals surface area contributed by atoms with Gasteiger partial charge in [0.2, 0.25) is 0 Å². The van der Waals surface area contributed by atoms with Crippen molar-refractivity contribution in [2.45, 2.75) is 26.3 Å².